The van der Waals surface area contributed by atoms with Gasteiger partial charge in [0.1, 0.15) is 12.4 Å². The van der Waals surface area contributed by atoms with Gasteiger partial charge in [0.15, 0.2) is 5.96 Å². The van der Waals surface area contributed by atoms with Crippen molar-refractivity contribution in [3.63, 3.8) is 0 Å². The Balaban J connectivity index is 0.00000364. The second-order valence-electron chi connectivity index (χ2n) is 6.53. The van der Waals surface area contributed by atoms with Crippen LogP contribution in [0.1, 0.15) is 40.0 Å². The van der Waals surface area contributed by atoms with Crippen molar-refractivity contribution in [2.45, 2.75) is 58.7 Å². The molecule has 1 aromatic heterocycles. The largest absolute Gasteiger partial charge is 0.378 e. The van der Waals surface area contributed by atoms with E-state index in [1.165, 1.54) is 12.4 Å². The highest BCUT2D eigenvalue weighted by Crippen LogP contribution is 2.48. The van der Waals surface area contributed by atoms with Gasteiger partial charge in [-0.15, -0.1) is 24.0 Å². The normalized spacial score (nSPS) is 21.1. The fourth-order valence-corrected chi connectivity index (χ4v) is 3.80. The van der Waals surface area contributed by atoms with E-state index in [2.05, 4.69) is 34.6 Å². The summed E-state index contributed by atoms with van der Waals surface area (Å²) < 4.78 is 7.47. The van der Waals surface area contributed by atoms with Crippen molar-refractivity contribution in [1.82, 2.24) is 20.4 Å². The van der Waals surface area contributed by atoms with Gasteiger partial charge in [0, 0.05) is 31.7 Å². The number of ether oxygens (including phenoxy) is 1. The number of halogens is 1. The van der Waals surface area contributed by atoms with Crippen molar-refractivity contribution in [3.05, 3.63) is 22.5 Å². The average Bonchev–Trinajstić information content (AvgIpc) is 3.10. The number of hydrogen-bond donors (Lipinski definition) is 2. The molecule has 1 heterocycles. The summed E-state index contributed by atoms with van der Waals surface area (Å²) in [5, 5.41) is 21.4. The third-order valence-electron chi connectivity index (χ3n) is 5.47. The van der Waals surface area contributed by atoms with Gasteiger partial charge in [-0.3, -0.25) is 19.8 Å². The van der Waals surface area contributed by atoms with Gasteiger partial charge < -0.3 is 15.4 Å². The lowest BCUT2D eigenvalue weighted by atomic mass is 9.58. The van der Waals surface area contributed by atoms with Crippen LogP contribution in [0.15, 0.2) is 17.4 Å². The quantitative estimate of drug-likeness (QED) is 0.180. The van der Waals surface area contributed by atoms with Crippen molar-refractivity contribution in [3.8, 4) is 0 Å². The van der Waals surface area contributed by atoms with E-state index in [-0.39, 0.29) is 35.1 Å². The maximum atomic E-state index is 10.7. The predicted molar refractivity (Wildman–Crippen MR) is 116 cm³/mol. The summed E-state index contributed by atoms with van der Waals surface area (Å²) in [6, 6.07) is 0.325. The number of aromatic nitrogens is 2. The molecule has 27 heavy (non-hydrogen) atoms. The molecule has 2 atom stereocenters. The van der Waals surface area contributed by atoms with Crippen LogP contribution in [-0.4, -0.2) is 53.0 Å². The topological polar surface area (TPSA) is 107 Å². The third-order valence-corrected chi connectivity index (χ3v) is 5.47. The number of nitrogens with zero attached hydrogens (tertiary/aromatic N) is 4. The predicted octanol–water partition coefficient (Wildman–Crippen LogP) is 2.56. The van der Waals surface area contributed by atoms with E-state index in [4.69, 9.17) is 4.74 Å². The van der Waals surface area contributed by atoms with Crippen molar-refractivity contribution >= 4 is 35.6 Å². The minimum atomic E-state index is -0.447. The lowest BCUT2D eigenvalue weighted by Gasteiger charge is -2.55. The monoisotopic (exact) mass is 494 g/mol. The Morgan fingerprint density at radius 2 is 2.19 bits per heavy atom. The summed E-state index contributed by atoms with van der Waals surface area (Å²) in [4.78, 5) is 14.5. The summed E-state index contributed by atoms with van der Waals surface area (Å²) in [6.45, 7) is 8.30. The molecule has 1 saturated carbocycles. The van der Waals surface area contributed by atoms with Crippen LogP contribution in [0.5, 0.6) is 0 Å². The number of hydrogen-bond acceptors (Lipinski definition) is 5. The number of rotatable bonds is 9. The van der Waals surface area contributed by atoms with Crippen molar-refractivity contribution in [2.75, 3.05) is 20.2 Å². The molecule has 0 aliphatic heterocycles. The molecular weight excluding hydrogens is 463 g/mol. The molecule has 0 amide bonds. The molecule has 1 aliphatic carbocycles. The van der Waals surface area contributed by atoms with Crippen LogP contribution in [0.3, 0.4) is 0 Å². The Labute approximate surface area is 177 Å². The zero-order valence-electron chi connectivity index (χ0n) is 16.5. The van der Waals surface area contributed by atoms with Crippen LogP contribution in [0.4, 0.5) is 5.69 Å². The minimum absolute atomic E-state index is 0. The summed E-state index contributed by atoms with van der Waals surface area (Å²) >= 11 is 0. The molecule has 154 valence electrons. The third kappa shape index (κ3) is 5.31. The lowest BCUT2D eigenvalue weighted by molar-refractivity contribution is -0.385. The zero-order valence-corrected chi connectivity index (χ0v) is 18.8. The van der Waals surface area contributed by atoms with Gasteiger partial charge in [-0.05, 0) is 26.2 Å². The van der Waals surface area contributed by atoms with Crippen LogP contribution in [0, 0.1) is 15.5 Å². The van der Waals surface area contributed by atoms with Gasteiger partial charge in [0.2, 0.25) is 0 Å². The van der Waals surface area contributed by atoms with Crippen LogP contribution < -0.4 is 10.6 Å². The van der Waals surface area contributed by atoms with Gasteiger partial charge in [0.25, 0.3) is 0 Å². The first-order chi connectivity index (χ1) is 12.5. The first kappa shape index (κ1) is 23.6. The van der Waals surface area contributed by atoms with Crippen LogP contribution in [0.2, 0.25) is 0 Å². The molecule has 0 radical (unpaired) electrons. The minimum Gasteiger partial charge on any atom is -0.378 e. The Morgan fingerprint density at radius 1 is 1.48 bits per heavy atom. The van der Waals surface area contributed by atoms with Gasteiger partial charge >= 0.3 is 5.69 Å². The van der Waals surface area contributed by atoms with Crippen molar-refractivity contribution in [1.29, 1.82) is 0 Å². The maximum Gasteiger partial charge on any atom is 0.306 e. The lowest BCUT2D eigenvalue weighted by Crippen LogP contribution is -2.65. The first-order valence-electron chi connectivity index (χ1n) is 9.26. The van der Waals surface area contributed by atoms with E-state index in [9.17, 15) is 10.1 Å². The summed E-state index contributed by atoms with van der Waals surface area (Å²) in [6.07, 6.45) is 6.06. The molecule has 2 rings (SSSR count). The molecule has 1 aromatic rings. The fraction of sp³-hybridized carbons (Fsp3) is 0.765. The van der Waals surface area contributed by atoms with E-state index in [0.29, 0.717) is 25.2 Å². The van der Waals surface area contributed by atoms with E-state index in [1.807, 2.05) is 6.92 Å². The van der Waals surface area contributed by atoms with E-state index in [0.717, 1.165) is 31.8 Å². The molecule has 2 unspecified atom stereocenters. The Bertz CT molecular complexity index is 632. The highest BCUT2D eigenvalue weighted by atomic mass is 127. The standard InChI is InChI=1S/C17H30N6O3.HI/c1-5-17(6-2)14(10-15(17)26-7-3)21-16(18-4)19-8-9-22-12-13(11-20-22)23(24)25;/h11-12,14-15H,5-10H2,1-4H3,(H2,18,19,21);1H. The van der Waals surface area contributed by atoms with E-state index < -0.39 is 4.92 Å². The molecular formula is C17H31IN6O3. The average molecular weight is 494 g/mol. The highest BCUT2D eigenvalue weighted by Gasteiger charge is 2.53. The Morgan fingerprint density at radius 3 is 2.70 bits per heavy atom. The van der Waals surface area contributed by atoms with Crippen molar-refractivity contribution < 1.29 is 9.66 Å². The molecule has 1 fully saturated rings. The van der Waals surface area contributed by atoms with E-state index >= 15 is 0 Å². The van der Waals surface area contributed by atoms with Crippen LogP contribution >= 0.6 is 24.0 Å². The molecule has 0 aromatic carbocycles. The molecule has 0 bridgehead atoms. The molecule has 1 aliphatic rings. The second-order valence-corrected chi connectivity index (χ2v) is 6.53. The molecule has 2 N–H and O–H groups in total. The zero-order chi connectivity index (χ0) is 19.2. The first-order valence-corrected chi connectivity index (χ1v) is 9.26. The SMILES string of the molecule is CCOC1CC(NC(=NC)NCCn2cc([N+](=O)[O-])cn2)C1(CC)CC.I. The van der Waals surface area contributed by atoms with Gasteiger partial charge in [0.05, 0.1) is 17.6 Å². The van der Waals surface area contributed by atoms with Crippen LogP contribution in [0.25, 0.3) is 0 Å². The van der Waals surface area contributed by atoms with Crippen molar-refractivity contribution in [2.24, 2.45) is 10.4 Å². The number of nitro groups is 1. The second kappa shape index (κ2) is 10.8. The fourth-order valence-electron chi connectivity index (χ4n) is 3.80. The summed E-state index contributed by atoms with van der Waals surface area (Å²) in [7, 11) is 1.74. The van der Waals surface area contributed by atoms with Gasteiger partial charge in [-0.25, -0.2) is 0 Å². The number of nitrogens with one attached hydrogen (secondary N) is 2. The Hall–Kier alpha value is -1.43. The number of aliphatic imine (C=N–C) groups is 1. The maximum absolute atomic E-state index is 10.7. The molecule has 10 heteroatoms. The van der Waals surface area contributed by atoms with Gasteiger partial charge in [-0.2, -0.15) is 5.10 Å². The molecule has 0 spiro atoms. The highest BCUT2D eigenvalue weighted by molar-refractivity contribution is 14.0. The van der Waals surface area contributed by atoms with E-state index in [1.54, 1.807) is 11.7 Å². The summed E-state index contributed by atoms with van der Waals surface area (Å²) in [5.74, 6) is 0.734. The summed E-state index contributed by atoms with van der Waals surface area (Å²) in [5.41, 5.74) is 0.135. The number of guanidine groups is 1. The molecule has 0 saturated heterocycles. The smallest absolute Gasteiger partial charge is 0.306 e. The Kier molecular flexibility index (Phi) is 9.43. The molecule has 9 nitrogen and oxygen atoms in total. The van der Waals surface area contributed by atoms with Gasteiger partial charge in [-0.1, -0.05) is 13.8 Å². The van der Waals surface area contributed by atoms with Crippen LogP contribution in [-0.2, 0) is 11.3 Å².